The molecule has 0 radical (unpaired) electrons. The van der Waals surface area contributed by atoms with Crippen LogP contribution in [0.15, 0.2) is 97.1 Å². The van der Waals surface area contributed by atoms with Crippen LogP contribution in [0.1, 0.15) is 27.8 Å². The number of hydrogen-bond acceptors (Lipinski definition) is 0. The predicted octanol–water partition coefficient (Wildman–Crippen LogP) is 4.03. The van der Waals surface area contributed by atoms with E-state index in [1.165, 1.54) is 29.5 Å². The van der Waals surface area contributed by atoms with Crippen LogP contribution in [0.5, 0.6) is 0 Å². The Kier molecular flexibility index (Phi) is 6.54. The van der Waals surface area contributed by atoms with Crippen molar-refractivity contribution in [2.75, 3.05) is 0 Å². The quantitative estimate of drug-likeness (QED) is 0.247. The Morgan fingerprint density at radius 2 is 1.14 bits per heavy atom. The number of benzene rings is 5. The topological polar surface area (TPSA) is 0 Å². The molecule has 5 aromatic carbocycles. The molecule has 1 aliphatic rings. The van der Waals surface area contributed by atoms with Gasteiger partial charge in [-0.2, -0.15) is 0 Å². The van der Waals surface area contributed by atoms with E-state index in [9.17, 15) is 0 Å². The van der Waals surface area contributed by atoms with E-state index < -0.39 is 41.1 Å². The molecule has 0 amide bonds. The SMILES string of the molecule is Cc1cc(C)c([Te]c2ccc3c4c(cc[c]([Sb]([c]5ccccc5)[c]5ccccc5)c24)CC3)c(C)c1. The van der Waals surface area contributed by atoms with Crippen molar-refractivity contribution < 1.29 is 0 Å². The molecule has 0 saturated carbocycles. The minimum absolute atomic E-state index is 0.514. The molecule has 0 unspecified atom stereocenters. The molecule has 5 aromatic rings. The molecule has 0 spiro atoms. The van der Waals surface area contributed by atoms with Gasteiger partial charge in [0.15, 0.2) is 0 Å². The second-order valence-corrected chi connectivity index (χ2v) is 18.8. The van der Waals surface area contributed by atoms with Crippen LogP contribution >= 0.6 is 0 Å². The molecule has 0 aliphatic heterocycles. The summed E-state index contributed by atoms with van der Waals surface area (Å²) in [6.07, 6.45) is 2.37. The Morgan fingerprint density at radius 1 is 0.600 bits per heavy atom. The van der Waals surface area contributed by atoms with Crippen LogP contribution in [-0.2, 0) is 12.8 Å². The van der Waals surface area contributed by atoms with Gasteiger partial charge in [0.1, 0.15) is 0 Å². The minimum atomic E-state index is -2.21. The molecular weight excluding hydrogens is 646 g/mol. The average molecular weight is 675 g/mol. The summed E-state index contributed by atoms with van der Waals surface area (Å²) in [6.45, 7) is 6.85. The summed E-state index contributed by atoms with van der Waals surface area (Å²) in [7, 11) is 0. The van der Waals surface area contributed by atoms with Crippen molar-refractivity contribution in [2.24, 2.45) is 0 Å². The third-order valence-electron chi connectivity index (χ3n) is 7.02. The number of rotatable bonds is 5. The first-order chi connectivity index (χ1) is 17.1. The van der Waals surface area contributed by atoms with Crippen molar-refractivity contribution >= 4 is 69.7 Å². The van der Waals surface area contributed by atoms with Crippen molar-refractivity contribution in [3.63, 3.8) is 0 Å². The second kappa shape index (κ2) is 9.79. The summed E-state index contributed by atoms with van der Waals surface area (Å²) in [4.78, 5) is 0. The van der Waals surface area contributed by atoms with Gasteiger partial charge in [-0.05, 0) is 0 Å². The van der Waals surface area contributed by atoms with E-state index in [4.69, 9.17) is 0 Å². The maximum atomic E-state index is 2.53. The summed E-state index contributed by atoms with van der Waals surface area (Å²) < 4.78 is 8.00. The molecule has 2 heteroatoms. The summed E-state index contributed by atoms with van der Waals surface area (Å²) in [5, 5.41) is 3.21. The van der Waals surface area contributed by atoms with Crippen molar-refractivity contribution in [2.45, 2.75) is 33.6 Å². The van der Waals surface area contributed by atoms with Crippen molar-refractivity contribution in [1.29, 1.82) is 0 Å². The van der Waals surface area contributed by atoms with Crippen LogP contribution in [0.25, 0.3) is 10.8 Å². The summed E-state index contributed by atoms with van der Waals surface area (Å²) >= 11 is -2.73. The van der Waals surface area contributed by atoms with Crippen LogP contribution in [-0.4, -0.2) is 41.1 Å². The standard InChI is InChI=1S/C21H19Te.2C6H5.Sb/c1-13-11-14(2)21(15(3)12-13)22-19-10-9-17-8-7-16-5-4-6-18(19)20(16)17;2*1-2-4-6-5-3-1;/h4-5,9-12H,7-8H2,1-3H3;2*1-5H;. The number of hydrogen-bond donors (Lipinski definition) is 0. The van der Waals surface area contributed by atoms with E-state index in [0.29, 0.717) is 0 Å². The Labute approximate surface area is 226 Å². The molecule has 0 heterocycles. The molecule has 0 aromatic heterocycles. The maximum absolute atomic E-state index is 2.53. The Balaban J connectivity index is 1.63. The van der Waals surface area contributed by atoms with Crippen LogP contribution in [0.4, 0.5) is 0 Å². The van der Waals surface area contributed by atoms with Gasteiger partial charge in [-0.1, -0.05) is 0 Å². The molecule has 1 aliphatic carbocycles. The first kappa shape index (κ1) is 23.4. The Morgan fingerprint density at radius 3 is 1.71 bits per heavy atom. The zero-order valence-electron chi connectivity index (χ0n) is 20.5. The fourth-order valence-electron chi connectivity index (χ4n) is 5.57. The van der Waals surface area contributed by atoms with E-state index in [2.05, 4.69) is 118 Å². The zero-order chi connectivity index (χ0) is 23.9. The van der Waals surface area contributed by atoms with Gasteiger partial charge in [-0.25, -0.2) is 0 Å². The van der Waals surface area contributed by atoms with E-state index in [0.717, 1.165) is 0 Å². The number of aryl methyl sites for hydroxylation is 5. The van der Waals surface area contributed by atoms with Crippen molar-refractivity contribution in [1.82, 2.24) is 0 Å². The molecule has 6 rings (SSSR count). The van der Waals surface area contributed by atoms with Gasteiger partial charge in [0.05, 0.1) is 0 Å². The van der Waals surface area contributed by atoms with Crippen molar-refractivity contribution in [3.8, 4) is 0 Å². The second-order valence-electron chi connectivity index (χ2n) is 9.55. The van der Waals surface area contributed by atoms with Gasteiger partial charge in [0.2, 0.25) is 0 Å². The summed E-state index contributed by atoms with van der Waals surface area (Å²) in [6, 6.07) is 37.4. The fourth-order valence-corrected chi connectivity index (χ4v) is 16.5. The first-order valence-electron chi connectivity index (χ1n) is 12.3. The van der Waals surface area contributed by atoms with E-state index >= 15 is 0 Å². The van der Waals surface area contributed by atoms with Gasteiger partial charge in [-0.3, -0.25) is 0 Å². The zero-order valence-corrected chi connectivity index (χ0v) is 25.4. The third kappa shape index (κ3) is 4.38. The van der Waals surface area contributed by atoms with Gasteiger partial charge < -0.3 is 0 Å². The van der Waals surface area contributed by atoms with Crippen LogP contribution in [0.3, 0.4) is 0 Å². The van der Waals surface area contributed by atoms with Gasteiger partial charge in [-0.15, -0.1) is 0 Å². The van der Waals surface area contributed by atoms with Crippen molar-refractivity contribution in [3.05, 3.63) is 125 Å². The van der Waals surface area contributed by atoms with E-state index in [-0.39, 0.29) is 0 Å². The van der Waals surface area contributed by atoms with E-state index in [1.54, 1.807) is 39.7 Å². The molecule has 0 nitrogen and oxygen atoms in total. The molecular formula is C33H29SbTe. The molecule has 172 valence electrons. The normalized spacial score (nSPS) is 12.6. The average Bonchev–Trinajstić information content (AvgIpc) is 3.29. The van der Waals surface area contributed by atoms with Gasteiger partial charge >= 0.3 is 228 Å². The van der Waals surface area contributed by atoms with E-state index in [1.807, 2.05) is 0 Å². The van der Waals surface area contributed by atoms with Gasteiger partial charge in [0, 0.05) is 0 Å². The fraction of sp³-hybridized carbons (Fsp3) is 0.152. The molecule has 0 N–H and O–H groups in total. The summed E-state index contributed by atoms with van der Waals surface area (Å²) in [5.41, 5.74) is 7.44. The van der Waals surface area contributed by atoms with Gasteiger partial charge in [0.25, 0.3) is 0 Å². The molecule has 0 saturated heterocycles. The molecule has 0 atom stereocenters. The Hall–Kier alpha value is -2.03. The predicted molar refractivity (Wildman–Crippen MR) is 155 cm³/mol. The van der Waals surface area contributed by atoms with Crippen LogP contribution in [0, 0.1) is 20.8 Å². The van der Waals surface area contributed by atoms with Crippen LogP contribution < -0.4 is 17.8 Å². The Bertz CT molecular complexity index is 1460. The molecule has 0 bridgehead atoms. The molecule has 0 fully saturated rings. The van der Waals surface area contributed by atoms with Crippen LogP contribution in [0.2, 0.25) is 0 Å². The third-order valence-corrected chi connectivity index (χ3v) is 18.1. The monoisotopic (exact) mass is 676 g/mol. The summed E-state index contributed by atoms with van der Waals surface area (Å²) in [5.74, 6) is 0. The molecule has 35 heavy (non-hydrogen) atoms. The first-order valence-corrected chi connectivity index (χ1v) is 18.5.